The molecular weight excluding hydrogens is 250 g/mol. The van der Waals surface area contributed by atoms with Gasteiger partial charge in [0, 0.05) is 31.4 Å². The summed E-state index contributed by atoms with van der Waals surface area (Å²) in [5.74, 6) is 0.781. The van der Waals surface area contributed by atoms with Gasteiger partial charge in [-0.25, -0.2) is 4.98 Å². The lowest BCUT2D eigenvalue weighted by atomic mass is 9.84. The number of imidazole rings is 1. The number of benzene rings is 1. The van der Waals surface area contributed by atoms with E-state index in [4.69, 9.17) is 0 Å². The molecule has 0 fully saturated rings. The van der Waals surface area contributed by atoms with Crippen LogP contribution in [-0.4, -0.2) is 22.0 Å². The van der Waals surface area contributed by atoms with Crippen molar-refractivity contribution in [1.29, 1.82) is 0 Å². The third-order valence-corrected chi connectivity index (χ3v) is 3.52. The lowest BCUT2D eigenvalue weighted by molar-refractivity contribution is -0.120. The number of nitrogens with one attached hydrogen (secondary N) is 1. The van der Waals surface area contributed by atoms with Gasteiger partial charge in [-0.05, 0) is 5.56 Å². The number of hydrogen-bond donors (Lipinski definition) is 1. The monoisotopic (exact) mass is 271 g/mol. The molecule has 0 saturated heterocycles. The molecule has 1 heterocycles. The molecule has 0 unspecified atom stereocenters. The normalized spacial score (nSPS) is 11.3. The highest BCUT2D eigenvalue weighted by Crippen LogP contribution is 2.21. The van der Waals surface area contributed by atoms with Crippen LogP contribution in [0.1, 0.15) is 25.2 Å². The maximum absolute atomic E-state index is 12.0. The molecule has 1 amide bonds. The first-order chi connectivity index (χ1) is 9.49. The molecule has 0 aliphatic rings. The molecule has 106 valence electrons. The van der Waals surface area contributed by atoms with Crippen LogP contribution in [0, 0.1) is 0 Å². The molecule has 0 radical (unpaired) electrons. The predicted octanol–water partition coefficient (Wildman–Crippen LogP) is 2.06. The minimum absolute atomic E-state index is 0.00306. The lowest BCUT2D eigenvalue weighted by Crippen LogP contribution is -2.37. The van der Waals surface area contributed by atoms with Crippen LogP contribution < -0.4 is 5.32 Å². The van der Waals surface area contributed by atoms with E-state index in [1.165, 1.54) is 5.56 Å². The minimum atomic E-state index is -0.0848. The molecule has 0 aliphatic heterocycles. The SMILES string of the molecule is Cn1ccnc1CC(=O)NCC(C)(C)c1ccccc1. The number of nitrogens with zero attached hydrogens (tertiary/aromatic N) is 2. The third-order valence-electron chi connectivity index (χ3n) is 3.52. The number of carbonyl (C=O) groups excluding carboxylic acids is 1. The Morgan fingerprint density at radius 3 is 2.60 bits per heavy atom. The van der Waals surface area contributed by atoms with E-state index < -0.39 is 0 Å². The Balaban J connectivity index is 1.91. The molecule has 0 atom stereocenters. The van der Waals surface area contributed by atoms with Crippen LogP contribution in [0.3, 0.4) is 0 Å². The van der Waals surface area contributed by atoms with E-state index in [2.05, 4.69) is 36.3 Å². The van der Waals surface area contributed by atoms with E-state index in [1.807, 2.05) is 36.0 Å². The fourth-order valence-electron chi connectivity index (χ4n) is 2.08. The highest BCUT2D eigenvalue weighted by molar-refractivity contribution is 5.77. The largest absolute Gasteiger partial charge is 0.355 e. The van der Waals surface area contributed by atoms with E-state index >= 15 is 0 Å². The average Bonchev–Trinajstić information content (AvgIpc) is 2.83. The molecule has 1 aromatic carbocycles. The van der Waals surface area contributed by atoms with Gasteiger partial charge in [0.2, 0.25) is 5.91 Å². The van der Waals surface area contributed by atoms with Gasteiger partial charge in [0.15, 0.2) is 0 Å². The van der Waals surface area contributed by atoms with E-state index in [0.29, 0.717) is 13.0 Å². The Kier molecular flexibility index (Phi) is 4.23. The van der Waals surface area contributed by atoms with Crippen molar-refractivity contribution in [1.82, 2.24) is 14.9 Å². The molecule has 4 heteroatoms. The zero-order valence-corrected chi connectivity index (χ0v) is 12.3. The third kappa shape index (κ3) is 3.47. The summed E-state index contributed by atoms with van der Waals surface area (Å²) in [5, 5.41) is 2.99. The summed E-state index contributed by atoms with van der Waals surface area (Å²) in [5.41, 5.74) is 1.13. The van der Waals surface area contributed by atoms with Crippen LogP contribution in [0.15, 0.2) is 42.7 Å². The highest BCUT2D eigenvalue weighted by atomic mass is 16.1. The van der Waals surface area contributed by atoms with E-state index in [0.717, 1.165) is 5.82 Å². The zero-order valence-electron chi connectivity index (χ0n) is 12.3. The molecule has 0 spiro atoms. The smallest absolute Gasteiger partial charge is 0.227 e. The van der Waals surface area contributed by atoms with E-state index in [9.17, 15) is 4.79 Å². The van der Waals surface area contributed by atoms with Crippen LogP contribution >= 0.6 is 0 Å². The minimum Gasteiger partial charge on any atom is -0.355 e. The van der Waals surface area contributed by atoms with Crippen molar-refractivity contribution in [3.05, 3.63) is 54.1 Å². The predicted molar refractivity (Wildman–Crippen MR) is 79.4 cm³/mol. The van der Waals surface area contributed by atoms with Gasteiger partial charge in [-0.15, -0.1) is 0 Å². The Bertz CT molecular complexity index is 572. The molecule has 2 rings (SSSR count). The molecular formula is C16H21N3O. The molecule has 4 nitrogen and oxygen atoms in total. The van der Waals surface area contributed by atoms with Gasteiger partial charge in [-0.2, -0.15) is 0 Å². The second-order valence-electron chi connectivity index (χ2n) is 5.66. The summed E-state index contributed by atoms with van der Waals surface area (Å²) in [6, 6.07) is 10.2. The second kappa shape index (κ2) is 5.90. The lowest BCUT2D eigenvalue weighted by Gasteiger charge is -2.25. The summed E-state index contributed by atoms with van der Waals surface area (Å²) in [7, 11) is 1.89. The zero-order chi connectivity index (χ0) is 14.6. The Hall–Kier alpha value is -2.10. The van der Waals surface area contributed by atoms with Gasteiger partial charge in [0.05, 0.1) is 6.42 Å². The number of carbonyl (C=O) groups is 1. The fraction of sp³-hybridized carbons (Fsp3) is 0.375. The van der Waals surface area contributed by atoms with Crippen LogP contribution in [0.25, 0.3) is 0 Å². The average molecular weight is 271 g/mol. The van der Waals surface area contributed by atoms with Crippen LogP contribution in [0.5, 0.6) is 0 Å². The van der Waals surface area contributed by atoms with Crippen molar-refractivity contribution in [3.63, 3.8) is 0 Å². The van der Waals surface area contributed by atoms with Gasteiger partial charge in [0.1, 0.15) is 5.82 Å². The van der Waals surface area contributed by atoms with E-state index in [-0.39, 0.29) is 11.3 Å². The highest BCUT2D eigenvalue weighted by Gasteiger charge is 2.21. The summed E-state index contributed by atoms with van der Waals surface area (Å²) >= 11 is 0. The van der Waals surface area contributed by atoms with Crippen molar-refractivity contribution in [3.8, 4) is 0 Å². The molecule has 20 heavy (non-hydrogen) atoms. The van der Waals surface area contributed by atoms with Gasteiger partial charge in [-0.1, -0.05) is 44.2 Å². The summed E-state index contributed by atoms with van der Waals surface area (Å²) < 4.78 is 1.86. The topological polar surface area (TPSA) is 46.9 Å². The quantitative estimate of drug-likeness (QED) is 0.904. The number of amides is 1. The van der Waals surface area contributed by atoms with Gasteiger partial charge >= 0.3 is 0 Å². The number of aromatic nitrogens is 2. The Morgan fingerprint density at radius 1 is 1.30 bits per heavy atom. The molecule has 1 aromatic heterocycles. The standard InChI is InChI=1S/C16H21N3O/c1-16(2,13-7-5-4-6-8-13)12-18-15(20)11-14-17-9-10-19(14)3/h4-10H,11-12H2,1-3H3,(H,18,20). The van der Waals surface area contributed by atoms with Crippen LogP contribution in [-0.2, 0) is 23.7 Å². The van der Waals surface area contributed by atoms with Crippen molar-refractivity contribution in [2.75, 3.05) is 6.54 Å². The molecule has 1 N–H and O–H groups in total. The van der Waals surface area contributed by atoms with Crippen molar-refractivity contribution >= 4 is 5.91 Å². The first-order valence-corrected chi connectivity index (χ1v) is 6.77. The van der Waals surface area contributed by atoms with Crippen LogP contribution in [0.2, 0.25) is 0 Å². The molecule has 2 aromatic rings. The van der Waals surface area contributed by atoms with E-state index in [1.54, 1.807) is 6.20 Å². The van der Waals surface area contributed by atoms with Crippen LogP contribution in [0.4, 0.5) is 0 Å². The number of aryl methyl sites for hydroxylation is 1. The van der Waals surface area contributed by atoms with Crippen molar-refractivity contribution < 1.29 is 4.79 Å². The molecule has 0 aliphatic carbocycles. The number of rotatable bonds is 5. The maximum atomic E-state index is 12.0. The molecule has 0 bridgehead atoms. The number of hydrogen-bond acceptors (Lipinski definition) is 2. The summed E-state index contributed by atoms with van der Waals surface area (Å²) in [6.45, 7) is 4.87. The summed E-state index contributed by atoms with van der Waals surface area (Å²) in [4.78, 5) is 16.1. The molecule has 0 saturated carbocycles. The maximum Gasteiger partial charge on any atom is 0.227 e. The van der Waals surface area contributed by atoms with Gasteiger partial charge < -0.3 is 9.88 Å². The van der Waals surface area contributed by atoms with Crippen molar-refractivity contribution in [2.45, 2.75) is 25.7 Å². The second-order valence-corrected chi connectivity index (χ2v) is 5.66. The van der Waals surface area contributed by atoms with Gasteiger partial charge in [-0.3, -0.25) is 4.79 Å². The van der Waals surface area contributed by atoms with Crippen molar-refractivity contribution in [2.24, 2.45) is 7.05 Å². The Labute approximate surface area is 119 Å². The fourth-order valence-corrected chi connectivity index (χ4v) is 2.08. The first kappa shape index (κ1) is 14.3. The first-order valence-electron chi connectivity index (χ1n) is 6.77. The summed E-state index contributed by atoms with van der Waals surface area (Å²) in [6.07, 6.45) is 3.86. The van der Waals surface area contributed by atoms with Gasteiger partial charge in [0.25, 0.3) is 0 Å². The Morgan fingerprint density at radius 2 is 2.00 bits per heavy atom.